The van der Waals surface area contributed by atoms with Crippen LogP contribution in [0.3, 0.4) is 0 Å². The number of hydrogen-bond acceptors (Lipinski definition) is 4. The van der Waals surface area contributed by atoms with Gasteiger partial charge in [0.1, 0.15) is 5.75 Å². The monoisotopic (exact) mass is 424 g/mol. The summed E-state index contributed by atoms with van der Waals surface area (Å²) in [6.07, 6.45) is 0. The quantitative estimate of drug-likeness (QED) is 0.798. The number of amides is 1. The summed E-state index contributed by atoms with van der Waals surface area (Å²) in [6, 6.07) is 10.7. The molecular weight excluding hydrogens is 408 g/mol. The van der Waals surface area contributed by atoms with Crippen LogP contribution < -0.4 is 15.0 Å². The number of benzene rings is 2. The number of rotatable bonds is 4. The number of nitrogens with zero attached hydrogens (tertiary/aromatic N) is 1. The summed E-state index contributed by atoms with van der Waals surface area (Å²) in [5, 5.41) is 3.47. The van der Waals surface area contributed by atoms with Crippen molar-refractivity contribution in [1.29, 1.82) is 0 Å². The van der Waals surface area contributed by atoms with Crippen LogP contribution >= 0.6 is 27.5 Å². The Morgan fingerprint density at radius 3 is 2.64 bits per heavy atom. The molecule has 1 amide bonds. The Kier molecular flexibility index (Phi) is 5.83. The standard InChI is InChI=1S/C18H18BrClN2O3/c1-24-17-5-2-12(10-14(17)19)18(23)21-13-3-4-16(15(20)11-13)22-6-8-25-9-7-22/h2-5,10-11H,6-9H2,1H3,(H,21,23). The Hall–Kier alpha value is -1.76. The zero-order valence-electron chi connectivity index (χ0n) is 13.7. The lowest BCUT2D eigenvalue weighted by molar-refractivity contribution is 0.102. The molecule has 2 aromatic carbocycles. The van der Waals surface area contributed by atoms with Gasteiger partial charge < -0.3 is 19.7 Å². The Bertz CT molecular complexity index is 779. The lowest BCUT2D eigenvalue weighted by atomic mass is 10.2. The van der Waals surface area contributed by atoms with Gasteiger partial charge in [0.05, 0.1) is 35.5 Å². The van der Waals surface area contributed by atoms with Gasteiger partial charge in [0, 0.05) is 24.3 Å². The smallest absolute Gasteiger partial charge is 0.255 e. The maximum atomic E-state index is 12.4. The molecular formula is C18H18BrClN2O3. The molecule has 5 nitrogen and oxygen atoms in total. The van der Waals surface area contributed by atoms with Gasteiger partial charge in [-0.25, -0.2) is 0 Å². The third-order valence-electron chi connectivity index (χ3n) is 3.97. The molecule has 25 heavy (non-hydrogen) atoms. The molecule has 1 fully saturated rings. The first-order valence-corrected chi connectivity index (χ1v) is 9.02. The van der Waals surface area contributed by atoms with Crippen LogP contribution in [-0.2, 0) is 4.74 Å². The van der Waals surface area contributed by atoms with Crippen molar-refractivity contribution in [3.63, 3.8) is 0 Å². The average molecular weight is 426 g/mol. The van der Waals surface area contributed by atoms with Gasteiger partial charge in [0.15, 0.2) is 0 Å². The highest BCUT2D eigenvalue weighted by molar-refractivity contribution is 9.10. The highest BCUT2D eigenvalue weighted by Crippen LogP contribution is 2.30. The summed E-state index contributed by atoms with van der Waals surface area (Å²) in [5.41, 5.74) is 2.13. The van der Waals surface area contributed by atoms with Crippen LogP contribution in [0.2, 0.25) is 5.02 Å². The largest absolute Gasteiger partial charge is 0.496 e. The molecule has 1 N–H and O–H groups in total. The van der Waals surface area contributed by atoms with Gasteiger partial charge in [-0.05, 0) is 52.3 Å². The number of morpholine rings is 1. The normalized spacial score (nSPS) is 14.3. The Labute approximate surface area is 160 Å². The van der Waals surface area contributed by atoms with Gasteiger partial charge in [-0.3, -0.25) is 4.79 Å². The van der Waals surface area contributed by atoms with Gasteiger partial charge in [0.2, 0.25) is 0 Å². The Balaban J connectivity index is 1.73. The molecule has 0 atom stereocenters. The Morgan fingerprint density at radius 2 is 2.00 bits per heavy atom. The van der Waals surface area contributed by atoms with E-state index in [1.54, 1.807) is 31.4 Å². The van der Waals surface area contributed by atoms with Gasteiger partial charge in [-0.2, -0.15) is 0 Å². The second-order valence-corrected chi connectivity index (χ2v) is 6.83. The van der Waals surface area contributed by atoms with E-state index < -0.39 is 0 Å². The number of ether oxygens (including phenoxy) is 2. The molecule has 1 aliphatic rings. The zero-order chi connectivity index (χ0) is 17.8. The first kappa shape index (κ1) is 18.0. The molecule has 0 aromatic heterocycles. The summed E-state index contributed by atoms with van der Waals surface area (Å²) < 4.78 is 11.3. The van der Waals surface area contributed by atoms with E-state index in [2.05, 4.69) is 26.1 Å². The predicted molar refractivity (Wildman–Crippen MR) is 103 cm³/mol. The predicted octanol–water partition coefficient (Wildman–Crippen LogP) is 4.20. The van der Waals surface area contributed by atoms with Crippen LogP contribution in [-0.4, -0.2) is 39.3 Å². The Morgan fingerprint density at radius 1 is 1.24 bits per heavy atom. The van der Waals surface area contributed by atoms with Gasteiger partial charge >= 0.3 is 0 Å². The van der Waals surface area contributed by atoms with Crippen molar-refractivity contribution in [1.82, 2.24) is 0 Å². The average Bonchev–Trinajstić information content (AvgIpc) is 2.62. The molecule has 0 radical (unpaired) electrons. The van der Waals surface area contributed by atoms with E-state index in [1.165, 1.54) is 0 Å². The minimum Gasteiger partial charge on any atom is -0.496 e. The molecule has 1 heterocycles. The second-order valence-electron chi connectivity index (χ2n) is 5.57. The van der Waals surface area contributed by atoms with Crippen molar-refractivity contribution in [2.45, 2.75) is 0 Å². The number of anilines is 2. The van der Waals surface area contributed by atoms with Crippen LogP contribution in [0, 0.1) is 0 Å². The van der Waals surface area contributed by atoms with Crippen LogP contribution in [0.25, 0.3) is 0 Å². The summed E-state index contributed by atoms with van der Waals surface area (Å²) in [6.45, 7) is 3.01. The zero-order valence-corrected chi connectivity index (χ0v) is 16.1. The number of methoxy groups -OCH3 is 1. The first-order chi connectivity index (χ1) is 12.1. The third kappa shape index (κ3) is 4.26. The molecule has 1 aliphatic heterocycles. The van der Waals surface area contributed by atoms with Crippen LogP contribution in [0.4, 0.5) is 11.4 Å². The van der Waals surface area contributed by atoms with Crippen molar-refractivity contribution in [3.8, 4) is 5.75 Å². The molecule has 0 unspecified atom stereocenters. The molecule has 7 heteroatoms. The maximum absolute atomic E-state index is 12.4. The van der Waals surface area contributed by atoms with Crippen LogP contribution in [0.5, 0.6) is 5.75 Å². The summed E-state index contributed by atoms with van der Waals surface area (Å²) >= 11 is 9.78. The van der Waals surface area contributed by atoms with E-state index in [9.17, 15) is 4.79 Å². The fourth-order valence-electron chi connectivity index (χ4n) is 2.66. The van der Waals surface area contributed by atoms with Crippen molar-refractivity contribution in [2.75, 3.05) is 43.6 Å². The number of hydrogen-bond donors (Lipinski definition) is 1. The molecule has 3 rings (SSSR count). The number of carbonyl (C=O) groups is 1. The van der Waals surface area contributed by atoms with Crippen molar-refractivity contribution < 1.29 is 14.3 Å². The highest BCUT2D eigenvalue weighted by atomic mass is 79.9. The molecule has 132 valence electrons. The fourth-order valence-corrected chi connectivity index (χ4v) is 3.50. The van der Waals surface area contributed by atoms with Gasteiger partial charge in [0.25, 0.3) is 5.91 Å². The molecule has 0 bridgehead atoms. The van der Waals surface area contributed by atoms with E-state index in [0.29, 0.717) is 35.2 Å². The molecule has 0 aliphatic carbocycles. The fraction of sp³-hybridized carbons (Fsp3) is 0.278. The SMILES string of the molecule is COc1ccc(C(=O)Nc2ccc(N3CCOCC3)c(Cl)c2)cc1Br. The van der Waals surface area contributed by atoms with E-state index in [-0.39, 0.29) is 5.91 Å². The van der Waals surface area contributed by atoms with Crippen LogP contribution in [0.15, 0.2) is 40.9 Å². The minimum atomic E-state index is -0.210. The minimum absolute atomic E-state index is 0.210. The summed E-state index contributed by atoms with van der Waals surface area (Å²) in [4.78, 5) is 14.6. The van der Waals surface area contributed by atoms with Gasteiger partial charge in [-0.15, -0.1) is 0 Å². The number of halogens is 2. The molecule has 2 aromatic rings. The van der Waals surface area contributed by atoms with E-state index in [1.807, 2.05) is 12.1 Å². The summed E-state index contributed by atoms with van der Waals surface area (Å²) in [7, 11) is 1.58. The van der Waals surface area contributed by atoms with E-state index in [4.69, 9.17) is 21.1 Å². The van der Waals surface area contributed by atoms with Crippen molar-refractivity contribution >= 4 is 44.8 Å². The van der Waals surface area contributed by atoms with Crippen molar-refractivity contribution in [3.05, 3.63) is 51.5 Å². The lowest BCUT2D eigenvalue weighted by Gasteiger charge is -2.29. The lowest BCUT2D eigenvalue weighted by Crippen LogP contribution is -2.36. The van der Waals surface area contributed by atoms with Gasteiger partial charge in [-0.1, -0.05) is 11.6 Å². The van der Waals surface area contributed by atoms with E-state index in [0.717, 1.165) is 23.2 Å². The van der Waals surface area contributed by atoms with Crippen molar-refractivity contribution in [2.24, 2.45) is 0 Å². The molecule has 1 saturated heterocycles. The topological polar surface area (TPSA) is 50.8 Å². The van der Waals surface area contributed by atoms with Crippen LogP contribution in [0.1, 0.15) is 10.4 Å². The number of carbonyl (C=O) groups excluding carboxylic acids is 1. The molecule has 0 spiro atoms. The molecule has 0 saturated carbocycles. The highest BCUT2D eigenvalue weighted by Gasteiger charge is 2.15. The number of nitrogens with one attached hydrogen (secondary N) is 1. The summed E-state index contributed by atoms with van der Waals surface area (Å²) in [5.74, 6) is 0.466. The maximum Gasteiger partial charge on any atom is 0.255 e. The second kappa shape index (κ2) is 8.08. The first-order valence-electron chi connectivity index (χ1n) is 7.85. The third-order valence-corrected chi connectivity index (χ3v) is 4.89. The van der Waals surface area contributed by atoms with E-state index >= 15 is 0 Å².